The number of hydrogen-bond acceptors (Lipinski definition) is 6. The molecule has 2 aliphatic heterocycles. The molecule has 2 aromatic rings. The molecule has 0 radical (unpaired) electrons. The highest BCUT2D eigenvalue weighted by Crippen LogP contribution is 2.34. The highest BCUT2D eigenvalue weighted by molar-refractivity contribution is 8.26. The van der Waals surface area contributed by atoms with Crippen LogP contribution in [0.25, 0.3) is 11.7 Å². The molecule has 2 aromatic heterocycles. The predicted molar refractivity (Wildman–Crippen MR) is 132 cm³/mol. The number of thiocarbonyl (C=S) groups is 1. The Morgan fingerprint density at radius 2 is 1.97 bits per heavy atom. The van der Waals surface area contributed by atoms with Crippen LogP contribution in [0.4, 0.5) is 5.82 Å². The van der Waals surface area contributed by atoms with E-state index in [1.807, 2.05) is 26.0 Å². The Balaban J connectivity index is 1.89. The fourth-order valence-corrected chi connectivity index (χ4v) is 5.84. The number of rotatable bonds is 4. The Morgan fingerprint density at radius 1 is 1.26 bits per heavy atom. The van der Waals surface area contributed by atoms with Gasteiger partial charge in [-0.15, -0.1) is 0 Å². The molecule has 8 heteroatoms. The standard InChI is InChI=1S/C23H28N4O2S2/c1-5-8-27-22(29)18(31-23(27)30)11-17-20(25-12-14(2)10-15(3)13-25)24-19-16(4)7-6-9-26(19)21(17)28/h6-7,9,11,14-15H,5,8,10,12-13H2,1-4H3/b18-11+/t14-,15+. The van der Waals surface area contributed by atoms with Crippen LogP contribution in [0.5, 0.6) is 0 Å². The van der Waals surface area contributed by atoms with E-state index in [2.05, 4.69) is 18.7 Å². The minimum atomic E-state index is -0.157. The van der Waals surface area contributed by atoms with E-state index in [0.717, 1.165) is 31.5 Å². The topological polar surface area (TPSA) is 57.9 Å². The van der Waals surface area contributed by atoms with Gasteiger partial charge in [-0.1, -0.05) is 50.8 Å². The Hall–Kier alpha value is -2.19. The zero-order valence-corrected chi connectivity index (χ0v) is 20.1. The Morgan fingerprint density at radius 3 is 2.65 bits per heavy atom. The molecule has 0 unspecified atom stereocenters. The molecule has 4 rings (SSSR count). The van der Waals surface area contributed by atoms with Crippen molar-refractivity contribution in [3.05, 3.63) is 44.7 Å². The van der Waals surface area contributed by atoms with Crippen molar-refractivity contribution < 1.29 is 4.79 Å². The summed E-state index contributed by atoms with van der Waals surface area (Å²) in [4.78, 5) is 35.8. The number of fused-ring (bicyclic) bond motifs is 1. The Kier molecular flexibility index (Phi) is 6.21. The lowest BCUT2D eigenvalue weighted by atomic mass is 9.91. The third-order valence-corrected chi connectivity index (χ3v) is 7.21. The number of aromatic nitrogens is 2. The maximum Gasteiger partial charge on any atom is 0.267 e. The van der Waals surface area contributed by atoms with Crippen LogP contribution in [-0.4, -0.2) is 44.1 Å². The summed E-state index contributed by atoms with van der Waals surface area (Å²) in [6, 6.07) is 3.81. The third kappa shape index (κ3) is 4.15. The van der Waals surface area contributed by atoms with Gasteiger partial charge in [-0.05, 0) is 49.3 Å². The lowest BCUT2D eigenvalue weighted by Crippen LogP contribution is -2.40. The zero-order valence-electron chi connectivity index (χ0n) is 18.4. The third-order valence-electron chi connectivity index (χ3n) is 5.83. The molecular formula is C23H28N4O2S2. The summed E-state index contributed by atoms with van der Waals surface area (Å²) in [5.74, 6) is 1.56. The van der Waals surface area contributed by atoms with Gasteiger partial charge in [0.25, 0.3) is 11.5 Å². The fraction of sp³-hybridized carbons (Fsp3) is 0.478. The van der Waals surface area contributed by atoms with Gasteiger partial charge < -0.3 is 4.90 Å². The quantitative estimate of drug-likeness (QED) is 0.510. The first-order valence-electron chi connectivity index (χ1n) is 10.8. The molecule has 2 aliphatic rings. The molecule has 2 fully saturated rings. The molecule has 0 aromatic carbocycles. The predicted octanol–water partition coefficient (Wildman–Crippen LogP) is 4.10. The average Bonchev–Trinajstić information content (AvgIpc) is 2.97. The molecule has 4 heterocycles. The van der Waals surface area contributed by atoms with Gasteiger partial charge in [0.05, 0.1) is 10.5 Å². The van der Waals surface area contributed by atoms with Crippen LogP contribution < -0.4 is 10.5 Å². The first-order valence-corrected chi connectivity index (χ1v) is 12.0. The number of carbonyl (C=O) groups excluding carboxylic acids is 1. The molecule has 1 amide bonds. The number of thioether (sulfide) groups is 1. The number of piperidine rings is 1. The molecule has 6 nitrogen and oxygen atoms in total. The van der Waals surface area contributed by atoms with E-state index >= 15 is 0 Å². The summed E-state index contributed by atoms with van der Waals surface area (Å²) in [7, 11) is 0. The summed E-state index contributed by atoms with van der Waals surface area (Å²) in [5, 5.41) is 0. The van der Waals surface area contributed by atoms with Gasteiger partial charge in [0, 0.05) is 25.8 Å². The summed E-state index contributed by atoms with van der Waals surface area (Å²) in [5.41, 5.74) is 1.90. The number of carbonyl (C=O) groups is 1. The van der Waals surface area contributed by atoms with Crippen molar-refractivity contribution in [3.8, 4) is 0 Å². The van der Waals surface area contributed by atoms with E-state index < -0.39 is 0 Å². The monoisotopic (exact) mass is 456 g/mol. The number of hydrogen-bond donors (Lipinski definition) is 0. The van der Waals surface area contributed by atoms with E-state index in [1.54, 1.807) is 21.6 Å². The van der Waals surface area contributed by atoms with Crippen LogP contribution in [0.15, 0.2) is 28.0 Å². The number of amides is 1. The van der Waals surface area contributed by atoms with E-state index in [1.165, 1.54) is 11.8 Å². The molecular weight excluding hydrogens is 428 g/mol. The number of anilines is 1. The molecule has 164 valence electrons. The first kappa shape index (κ1) is 22.0. The lowest BCUT2D eigenvalue weighted by molar-refractivity contribution is -0.122. The molecule has 2 saturated heterocycles. The number of aryl methyl sites for hydroxylation is 1. The Labute approximate surface area is 192 Å². The molecule has 0 spiro atoms. The van der Waals surface area contributed by atoms with Crippen LogP contribution >= 0.6 is 24.0 Å². The van der Waals surface area contributed by atoms with Gasteiger partial charge >= 0.3 is 0 Å². The van der Waals surface area contributed by atoms with Crippen molar-refractivity contribution in [2.75, 3.05) is 24.5 Å². The SMILES string of the molecule is CCCN1C(=O)/C(=C\c2c(N3C[C@H](C)C[C@H](C)C3)nc3c(C)cccn3c2=O)SC1=S. The number of pyridine rings is 1. The molecule has 31 heavy (non-hydrogen) atoms. The van der Waals surface area contributed by atoms with Gasteiger partial charge in [0.15, 0.2) is 0 Å². The molecule has 0 bridgehead atoms. The summed E-state index contributed by atoms with van der Waals surface area (Å²) < 4.78 is 2.12. The smallest absolute Gasteiger partial charge is 0.267 e. The normalized spacial score (nSPS) is 23.4. The Bertz CT molecular complexity index is 1130. The van der Waals surface area contributed by atoms with Crippen molar-refractivity contribution in [1.29, 1.82) is 0 Å². The highest BCUT2D eigenvalue weighted by atomic mass is 32.2. The maximum absolute atomic E-state index is 13.6. The van der Waals surface area contributed by atoms with Gasteiger partial charge in [-0.3, -0.25) is 18.9 Å². The second kappa shape index (κ2) is 8.74. The second-order valence-corrected chi connectivity index (χ2v) is 10.4. The molecule has 2 atom stereocenters. The summed E-state index contributed by atoms with van der Waals surface area (Å²) in [6.07, 6.45) is 5.43. The van der Waals surface area contributed by atoms with Gasteiger partial charge in [-0.25, -0.2) is 4.98 Å². The van der Waals surface area contributed by atoms with Gasteiger partial charge in [0.2, 0.25) is 0 Å². The second-order valence-electron chi connectivity index (χ2n) is 8.72. The van der Waals surface area contributed by atoms with E-state index in [-0.39, 0.29) is 11.5 Å². The molecule has 0 aliphatic carbocycles. The minimum Gasteiger partial charge on any atom is -0.355 e. The van der Waals surface area contributed by atoms with Crippen molar-refractivity contribution in [2.24, 2.45) is 11.8 Å². The van der Waals surface area contributed by atoms with Crippen LogP contribution in [0.3, 0.4) is 0 Å². The zero-order chi connectivity index (χ0) is 22.3. The van der Waals surface area contributed by atoms with Crippen molar-refractivity contribution in [3.63, 3.8) is 0 Å². The minimum absolute atomic E-state index is 0.128. The van der Waals surface area contributed by atoms with Crippen LogP contribution in [0, 0.1) is 18.8 Å². The first-order chi connectivity index (χ1) is 14.8. The number of nitrogens with zero attached hydrogens (tertiary/aromatic N) is 4. The van der Waals surface area contributed by atoms with E-state index in [0.29, 0.717) is 44.6 Å². The lowest BCUT2D eigenvalue weighted by Gasteiger charge is -2.36. The molecule has 0 N–H and O–H groups in total. The van der Waals surface area contributed by atoms with Gasteiger partial charge in [-0.2, -0.15) is 0 Å². The van der Waals surface area contributed by atoms with Crippen LogP contribution in [0.2, 0.25) is 0 Å². The average molecular weight is 457 g/mol. The van der Waals surface area contributed by atoms with Crippen LogP contribution in [-0.2, 0) is 4.79 Å². The van der Waals surface area contributed by atoms with Crippen molar-refractivity contribution in [2.45, 2.75) is 40.5 Å². The van der Waals surface area contributed by atoms with Crippen LogP contribution in [0.1, 0.15) is 44.7 Å². The van der Waals surface area contributed by atoms with Crippen molar-refractivity contribution >= 4 is 51.7 Å². The highest BCUT2D eigenvalue weighted by Gasteiger charge is 2.33. The van der Waals surface area contributed by atoms with Crippen molar-refractivity contribution in [1.82, 2.24) is 14.3 Å². The fourth-order valence-electron chi connectivity index (χ4n) is 4.55. The van der Waals surface area contributed by atoms with E-state index in [4.69, 9.17) is 17.2 Å². The maximum atomic E-state index is 13.6. The van der Waals surface area contributed by atoms with E-state index in [9.17, 15) is 9.59 Å². The largest absolute Gasteiger partial charge is 0.355 e. The molecule has 0 saturated carbocycles. The summed E-state index contributed by atoms with van der Waals surface area (Å²) in [6.45, 7) is 10.7. The summed E-state index contributed by atoms with van der Waals surface area (Å²) >= 11 is 6.67. The van der Waals surface area contributed by atoms with Gasteiger partial charge in [0.1, 0.15) is 15.8 Å².